The zero-order chi connectivity index (χ0) is 40.8. The van der Waals surface area contributed by atoms with Gasteiger partial charge in [0.15, 0.2) is 0 Å². The van der Waals surface area contributed by atoms with Gasteiger partial charge in [-0.1, -0.05) is 206 Å². The van der Waals surface area contributed by atoms with Crippen LogP contribution >= 0.6 is 0 Å². The first-order chi connectivity index (χ1) is 30.8. The van der Waals surface area contributed by atoms with Crippen molar-refractivity contribution >= 4 is 49.4 Å². The normalized spacial score (nSPS) is 13.0. The highest BCUT2D eigenvalue weighted by Gasteiger charge is 2.53. The standard InChI is InChI=1S/C61H39N/c1-3-18-40(19-4-1)42-34-37-58(53(38-42)41-20-5-2-6-21-41)62(43-35-36-48-46-24-8-7-22-44(46)45-23-9-10-25-47(45)54(48)39-43)59-33-17-29-52-51-28-13-16-32-57(51)61(60(52)59)55-30-14-11-26-49(55)50-27-12-15-31-56(50)61/h1-39H. The Morgan fingerprint density at radius 1 is 0.258 bits per heavy atom. The van der Waals surface area contributed by atoms with Crippen LogP contribution in [0, 0.1) is 0 Å². The van der Waals surface area contributed by atoms with Crippen LogP contribution in [0.4, 0.5) is 17.1 Å². The van der Waals surface area contributed by atoms with Gasteiger partial charge >= 0.3 is 0 Å². The van der Waals surface area contributed by atoms with Gasteiger partial charge in [-0.3, -0.25) is 0 Å². The smallest absolute Gasteiger partial charge is 0.0746 e. The number of anilines is 3. The van der Waals surface area contributed by atoms with E-state index in [9.17, 15) is 0 Å². The van der Waals surface area contributed by atoms with Gasteiger partial charge in [0.05, 0.1) is 16.8 Å². The Labute approximate surface area is 361 Å². The molecule has 0 aliphatic heterocycles. The van der Waals surface area contributed by atoms with E-state index in [1.54, 1.807) is 0 Å². The number of rotatable bonds is 5. The lowest BCUT2D eigenvalue weighted by Crippen LogP contribution is -2.28. The molecule has 11 aromatic rings. The highest BCUT2D eigenvalue weighted by molar-refractivity contribution is 6.26. The Bertz CT molecular complexity index is 3480. The van der Waals surface area contributed by atoms with E-state index < -0.39 is 5.41 Å². The van der Waals surface area contributed by atoms with E-state index in [1.165, 1.54) is 105 Å². The third-order valence-electron chi connectivity index (χ3n) is 13.6. The first-order valence-electron chi connectivity index (χ1n) is 21.6. The third-order valence-corrected chi connectivity index (χ3v) is 13.6. The van der Waals surface area contributed by atoms with Crippen LogP contribution in [0.2, 0.25) is 0 Å². The molecular formula is C61H39N. The lowest BCUT2D eigenvalue weighted by molar-refractivity contribution is 0.793. The Morgan fingerprint density at radius 2 is 0.726 bits per heavy atom. The molecule has 0 amide bonds. The van der Waals surface area contributed by atoms with Gasteiger partial charge in [-0.05, 0) is 118 Å². The Balaban J connectivity index is 1.18. The second-order valence-electron chi connectivity index (χ2n) is 16.7. The van der Waals surface area contributed by atoms with Gasteiger partial charge in [-0.2, -0.15) is 0 Å². The van der Waals surface area contributed by atoms with Gasteiger partial charge in [0, 0.05) is 16.8 Å². The van der Waals surface area contributed by atoms with Crippen molar-refractivity contribution in [1.29, 1.82) is 0 Å². The van der Waals surface area contributed by atoms with E-state index in [0.29, 0.717) is 0 Å². The van der Waals surface area contributed by atoms with E-state index in [4.69, 9.17) is 0 Å². The molecule has 0 aromatic heterocycles. The van der Waals surface area contributed by atoms with Crippen LogP contribution in [0.25, 0.3) is 76.8 Å². The minimum absolute atomic E-state index is 0.537. The zero-order valence-corrected chi connectivity index (χ0v) is 34.0. The highest BCUT2D eigenvalue weighted by Crippen LogP contribution is 2.65. The summed E-state index contributed by atoms with van der Waals surface area (Å²) in [6, 6.07) is 88.0. The van der Waals surface area contributed by atoms with Crippen LogP contribution in [-0.4, -0.2) is 0 Å². The number of nitrogens with zero attached hydrogens (tertiary/aromatic N) is 1. The largest absolute Gasteiger partial charge is 0.309 e. The molecule has 0 atom stereocenters. The minimum atomic E-state index is -0.537. The maximum Gasteiger partial charge on any atom is 0.0746 e. The van der Waals surface area contributed by atoms with Crippen LogP contribution in [0.1, 0.15) is 22.3 Å². The van der Waals surface area contributed by atoms with Gasteiger partial charge in [-0.15, -0.1) is 0 Å². The maximum atomic E-state index is 2.58. The molecule has 2 aliphatic rings. The van der Waals surface area contributed by atoms with Gasteiger partial charge in [0.2, 0.25) is 0 Å². The summed E-state index contributed by atoms with van der Waals surface area (Å²) in [5.41, 5.74) is 18.1. The third kappa shape index (κ3) is 4.85. The summed E-state index contributed by atoms with van der Waals surface area (Å²) in [6.07, 6.45) is 0. The summed E-state index contributed by atoms with van der Waals surface area (Å²) in [5.74, 6) is 0. The lowest BCUT2D eigenvalue weighted by Gasteiger charge is -2.36. The molecule has 11 aromatic carbocycles. The number of fused-ring (bicyclic) bond motifs is 16. The highest BCUT2D eigenvalue weighted by atomic mass is 15.1. The monoisotopic (exact) mass is 785 g/mol. The first kappa shape index (κ1) is 34.8. The van der Waals surface area contributed by atoms with Crippen LogP contribution < -0.4 is 4.90 Å². The minimum Gasteiger partial charge on any atom is -0.309 e. The summed E-state index contributed by atoms with van der Waals surface area (Å²) in [7, 11) is 0. The molecule has 2 aliphatic carbocycles. The van der Waals surface area contributed by atoms with Crippen molar-refractivity contribution < 1.29 is 0 Å². The van der Waals surface area contributed by atoms with E-state index in [1.807, 2.05) is 0 Å². The molecule has 0 heterocycles. The second-order valence-corrected chi connectivity index (χ2v) is 16.7. The van der Waals surface area contributed by atoms with Gasteiger partial charge < -0.3 is 4.90 Å². The number of benzene rings is 11. The van der Waals surface area contributed by atoms with Gasteiger partial charge in [0.25, 0.3) is 0 Å². The number of hydrogen-bond acceptors (Lipinski definition) is 1. The van der Waals surface area contributed by atoms with Crippen molar-refractivity contribution in [2.75, 3.05) is 4.90 Å². The van der Waals surface area contributed by atoms with Gasteiger partial charge in [-0.25, -0.2) is 0 Å². The van der Waals surface area contributed by atoms with Crippen LogP contribution in [0.15, 0.2) is 237 Å². The molecule has 1 heteroatoms. The van der Waals surface area contributed by atoms with Crippen LogP contribution in [-0.2, 0) is 5.41 Å². The molecule has 0 unspecified atom stereocenters. The fourth-order valence-corrected chi connectivity index (χ4v) is 11.2. The van der Waals surface area contributed by atoms with Crippen LogP contribution in [0.5, 0.6) is 0 Å². The maximum absolute atomic E-state index is 2.58. The molecule has 1 spiro atoms. The molecule has 1 nitrogen and oxygen atoms in total. The van der Waals surface area contributed by atoms with E-state index in [-0.39, 0.29) is 0 Å². The van der Waals surface area contributed by atoms with Crippen molar-refractivity contribution in [3.05, 3.63) is 259 Å². The Kier molecular flexibility index (Phi) is 7.59. The summed E-state index contributed by atoms with van der Waals surface area (Å²) >= 11 is 0. The molecule has 0 saturated carbocycles. The molecule has 0 saturated heterocycles. The number of hydrogen-bond donors (Lipinski definition) is 0. The van der Waals surface area contributed by atoms with Crippen molar-refractivity contribution in [3.8, 4) is 44.5 Å². The molecule has 13 rings (SSSR count). The first-order valence-corrected chi connectivity index (χ1v) is 21.6. The van der Waals surface area contributed by atoms with E-state index >= 15 is 0 Å². The van der Waals surface area contributed by atoms with Gasteiger partial charge in [0.1, 0.15) is 0 Å². The van der Waals surface area contributed by atoms with Crippen molar-refractivity contribution in [3.63, 3.8) is 0 Å². The second kappa shape index (κ2) is 13.5. The molecule has 0 N–H and O–H groups in total. The predicted octanol–water partition coefficient (Wildman–Crippen LogP) is 16.3. The predicted molar refractivity (Wildman–Crippen MR) is 261 cm³/mol. The topological polar surface area (TPSA) is 3.24 Å². The van der Waals surface area contributed by atoms with Crippen molar-refractivity contribution in [1.82, 2.24) is 0 Å². The average Bonchev–Trinajstić information content (AvgIpc) is 3.83. The fraction of sp³-hybridized carbons (Fsp3) is 0.0164. The zero-order valence-electron chi connectivity index (χ0n) is 34.0. The lowest BCUT2D eigenvalue weighted by atomic mass is 9.70. The quantitative estimate of drug-likeness (QED) is 0.157. The van der Waals surface area contributed by atoms with E-state index in [2.05, 4.69) is 241 Å². The summed E-state index contributed by atoms with van der Waals surface area (Å²) in [5, 5.41) is 7.57. The average molecular weight is 786 g/mol. The molecule has 0 bridgehead atoms. The molecule has 0 fully saturated rings. The molecular weight excluding hydrogens is 747 g/mol. The summed E-state index contributed by atoms with van der Waals surface area (Å²) < 4.78 is 0. The fourth-order valence-electron chi connectivity index (χ4n) is 11.2. The Morgan fingerprint density at radius 3 is 1.32 bits per heavy atom. The van der Waals surface area contributed by atoms with Crippen molar-refractivity contribution in [2.45, 2.75) is 5.41 Å². The summed E-state index contributed by atoms with van der Waals surface area (Å²) in [4.78, 5) is 2.58. The van der Waals surface area contributed by atoms with Crippen LogP contribution in [0.3, 0.4) is 0 Å². The Hall–Kier alpha value is -8.00. The summed E-state index contributed by atoms with van der Waals surface area (Å²) in [6.45, 7) is 0. The SMILES string of the molecule is c1ccc(-c2ccc(N(c3ccc4c5ccccc5c5ccccc5c4c3)c3cccc4c3C3(c5ccccc5-c5ccccc53)c3ccccc3-4)c(-c3ccccc3)c2)cc1. The van der Waals surface area contributed by atoms with Crippen molar-refractivity contribution in [2.24, 2.45) is 0 Å². The van der Waals surface area contributed by atoms with E-state index in [0.717, 1.165) is 11.4 Å². The molecule has 288 valence electrons. The molecule has 62 heavy (non-hydrogen) atoms. The molecule has 0 radical (unpaired) electrons.